The molecule has 0 unspecified atom stereocenters. The third-order valence-corrected chi connectivity index (χ3v) is 5.44. The van der Waals surface area contributed by atoms with E-state index in [0.717, 1.165) is 24.3 Å². The highest BCUT2D eigenvalue weighted by molar-refractivity contribution is 5.72. The fourth-order valence-corrected chi connectivity index (χ4v) is 3.57. The van der Waals surface area contributed by atoms with Crippen molar-refractivity contribution in [1.82, 2.24) is 0 Å². The summed E-state index contributed by atoms with van der Waals surface area (Å²) >= 11 is 0. The molecule has 0 radical (unpaired) electrons. The number of benzene rings is 4. The van der Waals surface area contributed by atoms with Gasteiger partial charge in [0.15, 0.2) is 0 Å². The van der Waals surface area contributed by atoms with Gasteiger partial charge >= 0.3 is 24.6 Å². The molecule has 0 amide bonds. The number of alkyl halides is 6. The maximum atomic E-state index is 13.0. The molecule has 0 saturated carbocycles. The largest absolute Gasteiger partial charge is 0.476 e. The predicted octanol–water partition coefficient (Wildman–Crippen LogP) is 7.93. The second-order valence-corrected chi connectivity index (χ2v) is 8.11. The number of aliphatic carboxylic acids is 1. The van der Waals surface area contributed by atoms with Gasteiger partial charge in [0.1, 0.15) is 11.5 Å². The monoisotopic (exact) mass is 532 g/mol. The number of hydrogen-bond donors (Lipinski definition) is 1. The average molecular weight is 532 g/mol. The summed E-state index contributed by atoms with van der Waals surface area (Å²) in [5.41, 5.74) is -0.0399. The Morgan fingerprint density at radius 2 is 0.947 bits per heavy atom. The first-order valence-electron chi connectivity index (χ1n) is 11.0. The molecule has 0 heterocycles. The van der Waals surface area contributed by atoms with Crippen LogP contribution in [0.4, 0.5) is 26.3 Å². The molecule has 38 heavy (non-hydrogen) atoms. The molecule has 4 aromatic carbocycles. The number of rotatable bonds is 7. The summed E-state index contributed by atoms with van der Waals surface area (Å²) in [4.78, 5) is 11.7. The average Bonchev–Trinajstić information content (AvgIpc) is 2.88. The van der Waals surface area contributed by atoms with Crippen molar-refractivity contribution >= 4 is 5.97 Å². The molecule has 0 fully saturated rings. The van der Waals surface area contributed by atoms with Gasteiger partial charge in [-0.15, -0.1) is 0 Å². The Morgan fingerprint density at radius 3 is 1.26 bits per heavy atom. The molecule has 196 valence electrons. The van der Waals surface area contributed by atoms with Crippen molar-refractivity contribution in [3.8, 4) is 33.8 Å². The third-order valence-electron chi connectivity index (χ3n) is 5.44. The molecule has 10 heteroatoms. The van der Waals surface area contributed by atoms with Gasteiger partial charge in [0.25, 0.3) is 0 Å². The van der Waals surface area contributed by atoms with Gasteiger partial charge < -0.3 is 14.6 Å². The number of carboxylic acid groups (broad SMARTS) is 1. The normalized spacial score (nSPS) is 11.9. The van der Waals surface area contributed by atoms with E-state index < -0.39 is 35.7 Å². The first kappa shape index (κ1) is 26.6. The number of carbonyl (C=O) groups is 1. The van der Waals surface area contributed by atoms with Crippen LogP contribution in [0.15, 0.2) is 97.1 Å². The van der Waals surface area contributed by atoms with Crippen LogP contribution in [0.2, 0.25) is 0 Å². The van der Waals surface area contributed by atoms with Gasteiger partial charge in [-0.3, -0.25) is 0 Å². The van der Waals surface area contributed by atoms with Gasteiger partial charge in [0.2, 0.25) is 0 Å². The third kappa shape index (κ3) is 6.44. The molecule has 1 N–H and O–H groups in total. The van der Waals surface area contributed by atoms with Gasteiger partial charge in [-0.2, -0.15) is 26.3 Å². The van der Waals surface area contributed by atoms with Crippen LogP contribution in [0.3, 0.4) is 0 Å². The van der Waals surface area contributed by atoms with E-state index in [0.29, 0.717) is 22.3 Å². The van der Waals surface area contributed by atoms with Gasteiger partial charge in [-0.05, 0) is 70.8 Å². The predicted molar refractivity (Wildman–Crippen MR) is 126 cm³/mol. The van der Waals surface area contributed by atoms with Gasteiger partial charge in [0.05, 0.1) is 11.1 Å². The summed E-state index contributed by atoms with van der Waals surface area (Å²) in [5.74, 6) is -1.27. The van der Waals surface area contributed by atoms with Crippen LogP contribution < -0.4 is 9.47 Å². The Balaban J connectivity index is 1.46. The molecule has 0 aliphatic heterocycles. The molecule has 0 aromatic heterocycles. The molecule has 0 spiro atoms. The van der Waals surface area contributed by atoms with E-state index in [2.05, 4.69) is 0 Å². The molecule has 4 nitrogen and oxygen atoms in total. The smallest absolute Gasteiger partial charge is 0.416 e. The van der Waals surface area contributed by atoms with Crippen LogP contribution in [0.5, 0.6) is 11.5 Å². The zero-order chi connectivity index (χ0) is 27.5. The molecule has 4 aromatic rings. The minimum absolute atomic E-state index is 0.0914. The molecular formula is C28H18F6O4. The summed E-state index contributed by atoms with van der Waals surface area (Å²) in [6.45, 7) is 0. The number of ether oxygens (including phenoxy) is 2. The van der Waals surface area contributed by atoms with E-state index in [1.54, 1.807) is 0 Å². The lowest BCUT2D eigenvalue weighted by Gasteiger charge is -2.17. The van der Waals surface area contributed by atoms with Crippen LogP contribution in [0, 0.1) is 0 Å². The van der Waals surface area contributed by atoms with Gasteiger partial charge in [0, 0.05) is 0 Å². The summed E-state index contributed by atoms with van der Waals surface area (Å²) in [5, 5.41) is 9.51. The number of halogens is 6. The lowest BCUT2D eigenvalue weighted by atomic mass is 10.0. The fourth-order valence-electron chi connectivity index (χ4n) is 3.57. The first-order chi connectivity index (χ1) is 17.9. The summed E-state index contributed by atoms with van der Waals surface area (Å²) in [7, 11) is 0. The van der Waals surface area contributed by atoms with E-state index in [-0.39, 0.29) is 11.5 Å². The second kappa shape index (κ2) is 10.5. The SMILES string of the molecule is O=C(O)C(Oc1ccc(-c2cccc(C(F)(F)F)c2)cc1)Oc1ccc(-c2cccc(C(F)(F)F)c2)cc1. The van der Waals surface area contributed by atoms with Crippen molar-refractivity contribution < 1.29 is 45.7 Å². The Morgan fingerprint density at radius 1 is 0.579 bits per heavy atom. The van der Waals surface area contributed by atoms with Crippen molar-refractivity contribution in [2.45, 2.75) is 18.6 Å². The van der Waals surface area contributed by atoms with E-state index in [4.69, 9.17) is 9.47 Å². The van der Waals surface area contributed by atoms with Crippen molar-refractivity contribution in [2.24, 2.45) is 0 Å². The molecule has 0 bridgehead atoms. The second-order valence-electron chi connectivity index (χ2n) is 8.11. The molecular weight excluding hydrogens is 514 g/mol. The van der Waals surface area contributed by atoms with Crippen molar-refractivity contribution in [1.29, 1.82) is 0 Å². The topological polar surface area (TPSA) is 55.8 Å². The highest BCUT2D eigenvalue weighted by Gasteiger charge is 2.31. The lowest BCUT2D eigenvalue weighted by Crippen LogP contribution is -2.33. The van der Waals surface area contributed by atoms with Gasteiger partial charge in [-0.25, -0.2) is 4.79 Å². The molecule has 0 saturated heterocycles. The van der Waals surface area contributed by atoms with E-state index >= 15 is 0 Å². The van der Waals surface area contributed by atoms with E-state index in [1.807, 2.05) is 0 Å². The van der Waals surface area contributed by atoms with Crippen molar-refractivity contribution in [2.75, 3.05) is 0 Å². The molecule has 0 aliphatic rings. The minimum Gasteiger partial charge on any atom is -0.476 e. The first-order valence-corrected chi connectivity index (χ1v) is 11.0. The Kier molecular flexibility index (Phi) is 7.34. The molecule has 0 aliphatic carbocycles. The maximum absolute atomic E-state index is 13.0. The standard InChI is InChI=1S/C28H18F6O4/c29-27(30,31)21-5-1-3-19(15-21)17-7-11-23(12-8-17)37-26(25(35)36)38-24-13-9-18(10-14-24)20-4-2-6-22(16-20)28(32,33)34/h1-16,26H,(H,35,36). The van der Waals surface area contributed by atoms with E-state index in [9.17, 15) is 36.2 Å². The zero-order valence-electron chi connectivity index (χ0n) is 19.3. The van der Waals surface area contributed by atoms with Crippen molar-refractivity contribution in [3.05, 3.63) is 108 Å². The van der Waals surface area contributed by atoms with Gasteiger partial charge in [-0.1, -0.05) is 48.5 Å². The maximum Gasteiger partial charge on any atom is 0.416 e. The minimum atomic E-state index is -4.49. The Labute approximate surface area is 212 Å². The zero-order valence-corrected chi connectivity index (χ0v) is 19.3. The highest BCUT2D eigenvalue weighted by Crippen LogP contribution is 2.34. The van der Waals surface area contributed by atoms with Crippen LogP contribution >= 0.6 is 0 Å². The highest BCUT2D eigenvalue weighted by atomic mass is 19.4. The number of carboxylic acids is 1. The summed E-state index contributed by atoms with van der Waals surface area (Å²) in [6.07, 6.45) is -10.7. The lowest BCUT2D eigenvalue weighted by molar-refractivity contribution is -0.158. The Hall–Kier alpha value is -4.47. The van der Waals surface area contributed by atoms with Crippen LogP contribution in [-0.4, -0.2) is 17.4 Å². The van der Waals surface area contributed by atoms with Crippen LogP contribution in [0.25, 0.3) is 22.3 Å². The fraction of sp³-hybridized carbons (Fsp3) is 0.107. The quantitative estimate of drug-likeness (QED) is 0.194. The van der Waals surface area contributed by atoms with Crippen molar-refractivity contribution in [3.63, 3.8) is 0 Å². The van der Waals surface area contributed by atoms with E-state index in [1.165, 1.54) is 72.8 Å². The summed E-state index contributed by atoms with van der Waals surface area (Å²) in [6, 6.07) is 21.0. The molecule has 0 atom stereocenters. The van der Waals surface area contributed by atoms with Crippen LogP contribution in [0.1, 0.15) is 11.1 Å². The Bertz CT molecular complexity index is 1310. The number of hydrogen-bond acceptors (Lipinski definition) is 3. The summed E-state index contributed by atoms with van der Waals surface area (Å²) < 4.78 is 88.7. The van der Waals surface area contributed by atoms with Crippen LogP contribution in [-0.2, 0) is 17.1 Å². The molecule has 4 rings (SSSR count).